The monoisotopic (exact) mass is 211 g/mol. The van der Waals surface area contributed by atoms with E-state index in [1.165, 1.54) is 6.42 Å². The summed E-state index contributed by atoms with van der Waals surface area (Å²) in [7, 11) is 0. The maximum Gasteiger partial charge on any atom is 0.221 e. The fourth-order valence-electron chi connectivity index (χ4n) is 1.80. The van der Waals surface area contributed by atoms with Crippen LogP contribution in [0.5, 0.6) is 0 Å². The van der Waals surface area contributed by atoms with Crippen LogP contribution in [-0.4, -0.2) is 29.9 Å². The molecule has 1 aliphatic heterocycles. The Balaban J connectivity index is 2.51. The lowest BCUT2D eigenvalue weighted by molar-refractivity contribution is 0.161. The largest absolute Gasteiger partial charge is 0.370 e. The van der Waals surface area contributed by atoms with E-state index in [0.29, 0.717) is 5.41 Å². The van der Waals surface area contributed by atoms with Crippen LogP contribution in [0, 0.1) is 10.8 Å². The van der Waals surface area contributed by atoms with Crippen LogP contribution >= 0.6 is 0 Å². The quantitative estimate of drug-likeness (QED) is 0.440. The van der Waals surface area contributed by atoms with Crippen molar-refractivity contribution in [3.8, 4) is 0 Å². The number of hydrogen-bond donors (Lipinski definition) is 3. The van der Waals surface area contributed by atoms with Gasteiger partial charge in [0, 0.05) is 13.1 Å². The van der Waals surface area contributed by atoms with E-state index in [1.807, 2.05) is 4.90 Å². The van der Waals surface area contributed by atoms with Gasteiger partial charge in [-0.3, -0.25) is 5.41 Å². The number of hydrogen-bond acceptors (Lipinski definition) is 1. The summed E-state index contributed by atoms with van der Waals surface area (Å²) in [6, 6.07) is 0. The Bertz CT molecular complexity index is 259. The van der Waals surface area contributed by atoms with Crippen LogP contribution in [0.15, 0.2) is 4.99 Å². The van der Waals surface area contributed by atoms with E-state index in [1.54, 1.807) is 0 Å². The molecular formula is C10H21N5. The van der Waals surface area contributed by atoms with E-state index < -0.39 is 0 Å². The molecule has 0 aliphatic carbocycles. The lowest BCUT2D eigenvalue weighted by Gasteiger charge is -2.38. The van der Waals surface area contributed by atoms with E-state index in [0.717, 1.165) is 25.9 Å². The molecule has 0 aromatic heterocycles. The molecule has 1 aliphatic rings. The molecule has 0 amide bonds. The van der Waals surface area contributed by atoms with Crippen LogP contribution < -0.4 is 11.5 Å². The van der Waals surface area contributed by atoms with Crippen LogP contribution in [-0.2, 0) is 0 Å². The number of likely N-dealkylation sites (tertiary alicyclic amines) is 1. The Morgan fingerprint density at radius 3 is 2.33 bits per heavy atom. The second-order valence-electron chi connectivity index (χ2n) is 4.51. The molecule has 1 saturated heterocycles. The van der Waals surface area contributed by atoms with Crippen LogP contribution in [0.25, 0.3) is 0 Å². The number of nitrogens with one attached hydrogen (secondary N) is 1. The molecule has 5 nitrogen and oxygen atoms in total. The summed E-state index contributed by atoms with van der Waals surface area (Å²) in [4.78, 5) is 5.68. The fourth-order valence-corrected chi connectivity index (χ4v) is 1.80. The molecule has 0 bridgehead atoms. The van der Waals surface area contributed by atoms with E-state index in [9.17, 15) is 0 Å². The van der Waals surface area contributed by atoms with Crippen molar-refractivity contribution in [2.75, 3.05) is 13.1 Å². The smallest absolute Gasteiger partial charge is 0.221 e. The molecular weight excluding hydrogens is 190 g/mol. The van der Waals surface area contributed by atoms with Crippen LogP contribution in [0.1, 0.15) is 33.1 Å². The average Bonchev–Trinajstić information content (AvgIpc) is 2.18. The maximum atomic E-state index is 7.68. The predicted molar refractivity (Wildman–Crippen MR) is 62.7 cm³/mol. The van der Waals surface area contributed by atoms with Gasteiger partial charge in [0.2, 0.25) is 5.96 Å². The first-order valence-corrected chi connectivity index (χ1v) is 5.40. The van der Waals surface area contributed by atoms with Crippen molar-refractivity contribution < 1.29 is 0 Å². The lowest BCUT2D eigenvalue weighted by atomic mass is 9.78. The summed E-state index contributed by atoms with van der Waals surface area (Å²) in [6.07, 6.45) is 3.40. The maximum absolute atomic E-state index is 7.68. The van der Waals surface area contributed by atoms with Gasteiger partial charge < -0.3 is 16.4 Å². The van der Waals surface area contributed by atoms with Crippen molar-refractivity contribution in [3.63, 3.8) is 0 Å². The molecule has 0 spiro atoms. The predicted octanol–water partition coefficient (Wildman–Crippen LogP) is 0.707. The number of aliphatic imine (C=N–C) groups is 1. The van der Waals surface area contributed by atoms with Gasteiger partial charge in [-0.15, -0.1) is 0 Å². The van der Waals surface area contributed by atoms with Gasteiger partial charge in [-0.25, -0.2) is 0 Å². The highest BCUT2D eigenvalue weighted by Gasteiger charge is 2.29. The van der Waals surface area contributed by atoms with E-state index in [-0.39, 0.29) is 11.9 Å². The van der Waals surface area contributed by atoms with Crippen molar-refractivity contribution in [3.05, 3.63) is 0 Å². The van der Waals surface area contributed by atoms with Crippen LogP contribution in [0.4, 0.5) is 0 Å². The molecule has 0 aromatic rings. The molecule has 0 aromatic carbocycles. The highest BCUT2D eigenvalue weighted by atomic mass is 15.3. The number of guanidine groups is 2. The summed E-state index contributed by atoms with van der Waals surface area (Å²) in [5.74, 6) is 0.150. The number of piperidine rings is 1. The molecule has 0 radical (unpaired) electrons. The Morgan fingerprint density at radius 1 is 1.40 bits per heavy atom. The lowest BCUT2D eigenvalue weighted by Crippen LogP contribution is -2.42. The third kappa shape index (κ3) is 3.11. The molecule has 5 N–H and O–H groups in total. The van der Waals surface area contributed by atoms with E-state index in [4.69, 9.17) is 16.9 Å². The van der Waals surface area contributed by atoms with Crippen LogP contribution in [0.3, 0.4) is 0 Å². The van der Waals surface area contributed by atoms with E-state index in [2.05, 4.69) is 18.8 Å². The van der Waals surface area contributed by atoms with Gasteiger partial charge in [0.05, 0.1) is 0 Å². The fraction of sp³-hybridized carbons (Fsp3) is 0.800. The van der Waals surface area contributed by atoms with Crippen molar-refractivity contribution >= 4 is 11.9 Å². The number of rotatable bonds is 1. The molecule has 15 heavy (non-hydrogen) atoms. The minimum absolute atomic E-state index is 0.0381. The second-order valence-corrected chi connectivity index (χ2v) is 4.51. The Kier molecular flexibility index (Phi) is 3.55. The Morgan fingerprint density at radius 2 is 1.93 bits per heavy atom. The van der Waals surface area contributed by atoms with Crippen molar-refractivity contribution in [2.24, 2.45) is 21.9 Å². The molecule has 86 valence electrons. The third-order valence-electron chi connectivity index (χ3n) is 3.36. The highest BCUT2D eigenvalue weighted by molar-refractivity contribution is 5.91. The molecule has 1 rings (SSSR count). The minimum atomic E-state index is -0.0381. The Hall–Kier alpha value is -1.26. The zero-order valence-corrected chi connectivity index (χ0v) is 9.58. The van der Waals surface area contributed by atoms with Gasteiger partial charge in [0.25, 0.3) is 0 Å². The number of nitrogens with two attached hydrogens (primary N) is 2. The normalized spacial score (nSPS) is 19.7. The van der Waals surface area contributed by atoms with Gasteiger partial charge in [0.1, 0.15) is 0 Å². The molecule has 1 fully saturated rings. The minimum Gasteiger partial charge on any atom is -0.370 e. The van der Waals surface area contributed by atoms with E-state index >= 15 is 0 Å². The summed E-state index contributed by atoms with van der Waals surface area (Å²) in [6.45, 7) is 6.27. The first-order chi connectivity index (χ1) is 6.97. The zero-order chi connectivity index (χ0) is 11.5. The topological polar surface area (TPSA) is 91.5 Å². The molecule has 5 heteroatoms. The molecule has 0 saturated carbocycles. The van der Waals surface area contributed by atoms with Crippen molar-refractivity contribution in [1.29, 1.82) is 5.41 Å². The summed E-state index contributed by atoms with van der Waals surface area (Å²) in [5.41, 5.74) is 10.9. The van der Waals surface area contributed by atoms with Gasteiger partial charge >= 0.3 is 0 Å². The zero-order valence-electron chi connectivity index (χ0n) is 9.58. The summed E-state index contributed by atoms with van der Waals surface area (Å²) in [5, 5.41) is 7.68. The molecule has 0 atom stereocenters. The van der Waals surface area contributed by atoms with Crippen LogP contribution in [0.2, 0.25) is 0 Å². The van der Waals surface area contributed by atoms with Gasteiger partial charge in [-0.05, 0) is 18.3 Å². The van der Waals surface area contributed by atoms with Gasteiger partial charge in [-0.2, -0.15) is 4.99 Å². The first kappa shape index (κ1) is 11.8. The third-order valence-corrected chi connectivity index (χ3v) is 3.36. The van der Waals surface area contributed by atoms with Gasteiger partial charge in [0.15, 0.2) is 5.96 Å². The summed E-state index contributed by atoms with van der Waals surface area (Å²) < 4.78 is 0. The first-order valence-electron chi connectivity index (χ1n) is 5.40. The van der Waals surface area contributed by atoms with Gasteiger partial charge in [-0.1, -0.05) is 20.3 Å². The standard InChI is InChI=1S/C10H21N5/c1-3-10(2)4-6-15(7-5-10)9(13)14-8(11)12/h3-7H2,1-2H3,(H5,11,12,13,14). The van der Waals surface area contributed by atoms with Crippen molar-refractivity contribution in [1.82, 2.24) is 4.90 Å². The summed E-state index contributed by atoms with van der Waals surface area (Å²) >= 11 is 0. The number of nitrogens with zero attached hydrogens (tertiary/aromatic N) is 2. The second kappa shape index (κ2) is 4.51. The molecule has 0 unspecified atom stereocenters. The SMILES string of the molecule is CCC1(C)CCN(C(=N)N=C(N)N)CC1. The van der Waals surface area contributed by atoms with Crippen molar-refractivity contribution in [2.45, 2.75) is 33.1 Å². The molecule has 1 heterocycles. The average molecular weight is 211 g/mol. The highest BCUT2D eigenvalue weighted by Crippen LogP contribution is 2.33. The Labute approximate surface area is 91.0 Å².